The van der Waals surface area contributed by atoms with Crippen LogP contribution in [-0.4, -0.2) is 81.8 Å². The maximum atomic E-state index is 13.1. The maximum absolute atomic E-state index is 13.1. The molecule has 0 unspecified atom stereocenters. The van der Waals surface area contributed by atoms with E-state index in [1.807, 2.05) is 0 Å². The zero-order valence-corrected chi connectivity index (χ0v) is 18.8. The summed E-state index contributed by atoms with van der Waals surface area (Å²) in [6.45, 7) is 3.99. The number of hydrazine groups is 1. The summed E-state index contributed by atoms with van der Waals surface area (Å²) in [7, 11) is -3.75. The zero-order chi connectivity index (χ0) is 21.3. The van der Waals surface area contributed by atoms with E-state index in [4.69, 9.17) is 11.6 Å². The van der Waals surface area contributed by atoms with Crippen LogP contribution in [0.2, 0.25) is 5.02 Å². The summed E-state index contributed by atoms with van der Waals surface area (Å²) in [5.74, 6) is -0.563. The number of nitrogens with zero attached hydrogens (tertiary/aromatic N) is 3. The van der Waals surface area contributed by atoms with Crippen molar-refractivity contribution in [1.29, 1.82) is 0 Å². The van der Waals surface area contributed by atoms with Gasteiger partial charge in [0.25, 0.3) is 5.91 Å². The standard InChI is InChI=1S/C17H26ClN3O5S2/c1-5-20(6-2)28(25,26)16-11-13(7-8-15(16)18)17(22)21(19(3)4)14-9-10-27(23,24)12-14/h7-8,11,14H,5-6,9-10,12H2,1-4H3/t14-/m0/s1. The highest BCUT2D eigenvalue weighted by Crippen LogP contribution is 2.28. The minimum absolute atomic E-state index is 0.0253. The topological polar surface area (TPSA) is 95.1 Å². The molecule has 8 nitrogen and oxygen atoms in total. The predicted molar refractivity (Wildman–Crippen MR) is 108 cm³/mol. The highest BCUT2D eigenvalue weighted by Gasteiger charge is 2.37. The van der Waals surface area contributed by atoms with Crippen molar-refractivity contribution in [3.05, 3.63) is 28.8 Å². The maximum Gasteiger partial charge on any atom is 0.268 e. The summed E-state index contributed by atoms with van der Waals surface area (Å²) in [6, 6.07) is 3.60. The Morgan fingerprint density at radius 3 is 2.29 bits per heavy atom. The van der Waals surface area contributed by atoms with E-state index >= 15 is 0 Å². The third-order valence-corrected chi connectivity index (χ3v) is 8.98. The first-order chi connectivity index (χ1) is 12.9. The highest BCUT2D eigenvalue weighted by atomic mass is 35.5. The molecular weight excluding hydrogens is 426 g/mol. The average Bonchev–Trinajstić information content (AvgIpc) is 2.95. The van der Waals surface area contributed by atoms with Gasteiger partial charge < -0.3 is 0 Å². The Bertz CT molecular complexity index is 944. The zero-order valence-electron chi connectivity index (χ0n) is 16.4. The Morgan fingerprint density at radius 2 is 1.82 bits per heavy atom. The van der Waals surface area contributed by atoms with Crippen LogP contribution in [-0.2, 0) is 19.9 Å². The van der Waals surface area contributed by atoms with Crippen LogP contribution in [0.5, 0.6) is 0 Å². The van der Waals surface area contributed by atoms with Gasteiger partial charge in [0.05, 0.1) is 22.6 Å². The minimum atomic E-state index is -3.85. The van der Waals surface area contributed by atoms with E-state index in [0.29, 0.717) is 6.42 Å². The molecule has 0 saturated carbocycles. The third kappa shape index (κ3) is 4.68. The molecule has 1 atom stereocenters. The molecule has 1 heterocycles. The first-order valence-electron chi connectivity index (χ1n) is 8.95. The molecule has 1 aromatic rings. The molecule has 1 amide bonds. The first-order valence-corrected chi connectivity index (χ1v) is 12.6. The molecule has 28 heavy (non-hydrogen) atoms. The molecule has 0 aromatic heterocycles. The van der Waals surface area contributed by atoms with Gasteiger partial charge >= 0.3 is 0 Å². The fourth-order valence-electron chi connectivity index (χ4n) is 3.31. The number of sulfonamides is 1. The lowest BCUT2D eigenvalue weighted by atomic mass is 10.1. The van der Waals surface area contributed by atoms with Crippen molar-refractivity contribution in [1.82, 2.24) is 14.3 Å². The Balaban J connectivity index is 2.45. The molecule has 1 aliphatic rings. The molecule has 0 bridgehead atoms. The van der Waals surface area contributed by atoms with E-state index in [1.54, 1.807) is 27.9 Å². The Hall–Kier alpha value is -1.20. The van der Waals surface area contributed by atoms with Crippen LogP contribution in [0.4, 0.5) is 0 Å². The summed E-state index contributed by atoms with van der Waals surface area (Å²) in [5.41, 5.74) is 0.133. The molecule has 1 aromatic carbocycles. The molecule has 1 saturated heterocycles. The SMILES string of the molecule is CCN(CC)S(=O)(=O)c1cc(C(=O)N([C@H]2CCS(=O)(=O)C2)N(C)C)ccc1Cl. The first kappa shape index (κ1) is 23.1. The van der Waals surface area contributed by atoms with Crippen LogP contribution >= 0.6 is 11.6 Å². The number of hydrogen-bond donors (Lipinski definition) is 0. The Morgan fingerprint density at radius 1 is 1.21 bits per heavy atom. The van der Waals surface area contributed by atoms with E-state index in [1.165, 1.54) is 32.5 Å². The molecular formula is C17H26ClN3O5S2. The summed E-state index contributed by atoms with van der Waals surface area (Å²) in [4.78, 5) is 13.0. The number of amides is 1. The normalized spacial score (nSPS) is 19.3. The summed E-state index contributed by atoms with van der Waals surface area (Å²) < 4.78 is 50.7. The fraction of sp³-hybridized carbons (Fsp3) is 0.588. The number of sulfone groups is 1. The minimum Gasteiger partial charge on any atom is -0.268 e. The van der Waals surface area contributed by atoms with Gasteiger partial charge in [0.2, 0.25) is 10.0 Å². The van der Waals surface area contributed by atoms with Crippen LogP contribution in [0.3, 0.4) is 0 Å². The summed E-state index contributed by atoms with van der Waals surface area (Å²) in [5, 5.41) is 2.92. The molecule has 1 fully saturated rings. The molecule has 11 heteroatoms. The monoisotopic (exact) mass is 451 g/mol. The van der Waals surface area contributed by atoms with Crippen molar-refractivity contribution in [2.24, 2.45) is 0 Å². The largest absolute Gasteiger partial charge is 0.268 e. The second kappa shape index (κ2) is 8.66. The molecule has 0 radical (unpaired) electrons. The van der Waals surface area contributed by atoms with Gasteiger partial charge in [-0.05, 0) is 24.6 Å². The van der Waals surface area contributed by atoms with Gasteiger partial charge in [-0.15, -0.1) is 0 Å². The van der Waals surface area contributed by atoms with Crippen molar-refractivity contribution in [2.45, 2.75) is 31.2 Å². The van der Waals surface area contributed by atoms with Gasteiger partial charge in [0.15, 0.2) is 9.84 Å². The molecule has 158 valence electrons. The van der Waals surface area contributed by atoms with E-state index in [-0.39, 0.29) is 40.1 Å². The second-order valence-electron chi connectivity index (χ2n) is 6.79. The number of hydrogen-bond acceptors (Lipinski definition) is 6. The van der Waals surface area contributed by atoms with E-state index in [2.05, 4.69) is 0 Å². The van der Waals surface area contributed by atoms with E-state index in [9.17, 15) is 21.6 Å². The van der Waals surface area contributed by atoms with Crippen molar-refractivity contribution in [3.63, 3.8) is 0 Å². The number of carbonyl (C=O) groups is 1. The lowest BCUT2D eigenvalue weighted by molar-refractivity contribution is 0.000989. The van der Waals surface area contributed by atoms with Gasteiger partial charge in [0, 0.05) is 32.7 Å². The summed E-state index contributed by atoms with van der Waals surface area (Å²) in [6.07, 6.45) is 0.338. The van der Waals surface area contributed by atoms with Gasteiger partial charge in [-0.1, -0.05) is 25.4 Å². The fourth-order valence-corrected chi connectivity index (χ4v) is 6.96. The lowest BCUT2D eigenvalue weighted by Crippen LogP contribution is -2.49. The number of benzene rings is 1. The van der Waals surface area contributed by atoms with Crippen molar-refractivity contribution in [2.75, 3.05) is 38.7 Å². The molecule has 0 N–H and O–H groups in total. The third-order valence-electron chi connectivity index (χ3n) is 4.69. The van der Waals surface area contributed by atoms with Crippen LogP contribution in [0.1, 0.15) is 30.6 Å². The molecule has 0 spiro atoms. The smallest absolute Gasteiger partial charge is 0.268 e. The molecule has 1 aliphatic heterocycles. The number of halogens is 1. The summed E-state index contributed by atoms with van der Waals surface area (Å²) >= 11 is 6.13. The number of rotatable bonds is 7. The van der Waals surface area contributed by atoms with Crippen molar-refractivity contribution >= 4 is 37.4 Å². The molecule has 0 aliphatic carbocycles. The van der Waals surface area contributed by atoms with Crippen molar-refractivity contribution < 1.29 is 21.6 Å². The van der Waals surface area contributed by atoms with Gasteiger partial charge in [-0.2, -0.15) is 4.31 Å². The highest BCUT2D eigenvalue weighted by molar-refractivity contribution is 7.91. The lowest BCUT2D eigenvalue weighted by Gasteiger charge is -2.34. The Kier molecular flexibility index (Phi) is 7.14. The quantitative estimate of drug-likeness (QED) is 0.582. The van der Waals surface area contributed by atoms with Gasteiger partial charge in [-0.3, -0.25) is 9.80 Å². The number of carbonyl (C=O) groups excluding carboxylic acids is 1. The van der Waals surface area contributed by atoms with Crippen LogP contribution in [0.15, 0.2) is 23.1 Å². The van der Waals surface area contributed by atoms with E-state index in [0.717, 1.165) is 0 Å². The van der Waals surface area contributed by atoms with Gasteiger partial charge in [-0.25, -0.2) is 21.8 Å². The van der Waals surface area contributed by atoms with Crippen LogP contribution in [0.25, 0.3) is 0 Å². The van der Waals surface area contributed by atoms with E-state index < -0.39 is 31.8 Å². The van der Waals surface area contributed by atoms with Crippen molar-refractivity contribution in [3.8, 4) is 0 Å². The van der Waals surface area contributed by atoms with Gasteiger partial charge in [0.1, 0.15) is 4.90 Å². The average molecular weight is 452 g/mol. The predicted octanol–water partition coefficient (Wildman–Crippen LogP) is 1.48. The molecule has 2 rings (SSSR count). The van der Waals surface area contributed by atoms with Crippen LogP contribution < -0.4 is 0 Å². The Labute approximate surface area is 172 Å². The van der Waals surface area contributed by atoms with Crippen LogP contribution in [0, 0.1) is 0 Å². The second-order valence-corrected chi connectivity index (χ2v) is 11.3.